The Bertz CT molecular complexity index is 1170. The van der Waals surface area contributed by atoms with Crippen LogP contribution in [-0.2, 0) is 9.84 Å². The summed E-state index contributed by atoms with van der Waals surface area (Å²) in [7, 11) is -3.27. The van der Waals surface area contributed by atoms with Gasteiger partial charge >= 0.3 is 0 Å². The van der Waals surface area contributed by atoms with E-state index in [-0.39, 0.29) is 0 Å². The molecule has 0 aliphatic heterocycles. The molecule has 0 atom stereocenters. The monoisotopic (exact) mass is 333 g/mol. The average Bonchev–Trinajstić information content (AvgIpc) is 2.60. The molecule has 0 N–H and O–H groups in total. The number of hydrogen-bond acceptors (Lipinski definition) is 3. The summed E-state index contributed by atoms with van der Waals surface area (Å²) >= 11 is 0. The van der Waals surface area contributed by atoms with E-state index in [9.17, 15) is 8.42 Å². The first-order valence-electron chi connectivity index (χ1n) is 7.62. The zero-order chi connectivity index (χ0) is 16.7. The molecule has 0 fully saturated rings. The predicted octanol–water partition coefficient (Wildman–Crippen LogP) is 4.46. The zero-order valence-corrected chi connectivity index (χ0v) is 13.9. The van der Waals surface area contributed by atoms with Crippen LogP contribution in [0.1, 0.15) is 0 Å². The largest absolute Gasteiger partial charge is 0.247 e. The molecule has 4 aromatic rings. The zero-order valence-electron chi connectivity index (χ0n) is 13.1. The van der Waals surface area contributed by atoms with Crippen molar-refractivity contribution in [3.05, 3.63) is 72.8 Å². The highest BCUT2D eigenvalue weighted by atomic mass is 32.2. The molecule has 0 aliphatic rings. The Labute approximate surface area is 140 Å². The molecule has 0 unspecified atom stereocenters. The Morgan fingerprint density at radius 3 is 2.21 bits per heavy atom. The molecule has 0 saturated carbocycles. The minimum Gasteiger partial charge on any atom is -0.247 e. The fourth-order valence-electron chi connectivity index (χ4n) is 2.98. The Morgan fingerprint density at radius 1 is 0.750 bits per heavy atom. The van der Waals surface area contributed by atoms with Crippen LogP contribution in [0, 0.1) is 0 Å². The third-order valence-electron chi connectivity index (χ3n) is 4.15. The van der Waals surface area contributed by atoms with E-state index in [0.29, 0.717) is 4.90 Å². The highest BCUT2D eigenvalue weighted by molar-refractivity contribution is 7.90. The van der Waals surface area contributed by atoms with Gasteiger partial charge in [0, 0.05) is 22.6 Å². The topological polar surface area (TPSA) is 47.0 Å². The van der Waals surface area contributed by atoms with Crippen molar-refractivity contribution in [3.8, 4) is 11.3 Å². The van der Waals surface area contributed by atoms with Gasteiger partial charge in [-0.05, 0) is 23.6 Å². The van der Waals surface area contributed by atoms with Gasteiger partial charge in [0.25, 0.3) is 0 Å². The summed E-state index contributed by atoms with van der Waals surface area (Å²) in [6.45, 7) is 0. The molecule has 3 nitrogen and oxygen atoms in total. The average molecular weight is 333 g/mol. The molecule has 0 aliphatic carbocycles. The number of benzene rings is 3. The fraction of sp³-hybridized carbons (Fsp3) is 0.0500. The van der Waals surface area contributed by atoms with Crippen LogP contribution in [0.25, 0.3) is 32.9 Å². The molecule has 3 aromatic carbocycles. The molecule has 1 aromatic heterocycles. The summed E-state index contributed by atoms with van der Waals surface area (Å²) in [5.74, 6) is 0. The van der Waals surface area contributed by atoms with E-state index >= 15 is 0 Å². The first-order valence-corrected chi connectivity index (χ1v) is 9.51. The SMILES string of the molecule is CS(=O)(=O)c1ccc2c(c1)c(-c1ccccc1)nc1ccccc12. The molecule has 0 spiro atoms. The molecular formula is C20H15NO2S. The second kappa shape index (κ2) is 5.42. The maximum absolute atomic E-state index is 12.0. The maximum Gasteiger partial charge on any atom is 0.175 e. The number of pyridine rings is 1. The van der Waals surface area contributed by atoms with E-state index < -0.39 is 9.84 Å². The number of hydrogen-bond donors (Lipinski definition) is 0. The van der Waals surface area contributed by atoms with Crippen LogP contribution in [0.5, 0.6) is 0 Å². The lowest BCUT2D eigenvalue weighted by Crippen LogP contribution is -1.98. The van der Waals surface area contributed by atoms with Crippen molar-refractivity contribution in [1.82, 2.24) is 4.98 Å². The van der Waals surface area contributed by atoms with E-state index in [4.69, 9.17) is 4.98 Å². The highest BCUT2D eigenvalue weighted by Gasteiger charge is 2.14. The van der Waals surface area contributed by atoms with E-state index in [1.807, 2.05) is 60.7 Å². The van der Waals surface area contributed by atoms with Crippen LogP contribution in [-0.4, -0.2) is 19.7 Å². The minimum absolute atomic E-state index is 0.310. The number of nitrogens with zero attached hydrogens (tertiary/aromatic N) is 1. The van der Waals surface area contributed by atoms with Gasteiger partial charge in [0.05, 0.1) is 16.1 Å². The Morgan fingerprint density at radius 2 is 1.46 bits per heavy atom. The van der Waals surface area contributed by atoms with Gasteiger partial charge in [0.15, 0.2) is 9.84 Å². The van der Waals surface area contributed by atoms with Gasteiger partial charge in [-0.15, -0.1) is 0 Å². The van der Waals surface area contributed by atoms with Gasteiger partial charge in [-0.2, -0.15) is 0 Å². The first-order chi connectivity index (χ1) is 11.5. The van der Waals surface area contributed by atoms with Crippen molar-refractivity contribution in [3.63, 3.8) is 0 Å². The van der Waals surface area contributed by atoms with Crippen molar-refractivity contribution >= 4 is 31.5 Å². The Hall–Kier alpha value is -2.72. The number of sulfone groups is 1. The second-order valence-electron chi connectivity index (χ2n) is 5.82. The van der Waals surface area contributed by atoms with E-state index in [2.05, 4.69) is 0 Å². The van der Waals surface area contributed by atoms with Crippen molar-refractivity contribution < 1.29 is 8.42 Å². The van der Waals surface area contributed by atoms with Gasteiger partial charge < -0.3 is 0 Å². The van der Waals surface area contributed by atoms with Crippen molar-refractivity contribution in [2.45, 2.75) is 4.90 Å². The molecular weight excluding hydrogens is 318 g/mol. The molecule has 0 bridgehead atoms. The molecule has 24 heavy (non-hydrogen) atoms. The van der Waals surface area contributed by atoms with Crippen molar-refractivity contribution in [1.29, 1.82) is 0 Å². The molecule has 4 rings (SSSR count). The van der Waals surface area contributed by atoms with Crippen LogP contribution < -0.4 is 0 Å². The minimum atomic E-state index is -3.27. The van der Waals surface area contributed by atoms with E-state index in [0.717, 1.165) is 32.9 Å². The lowest BCUT2D eigenvalue weighted by atomic mass is 10.00. The molecule has 4 heteroatoms. The molecule has 0 radical (unpaired) electrons. The molecule has 0 amide bonds. The number of para-hydroxylation sites is 1. The summed E-state index contributed by atoms with van der Waals surface area (Å²) in [6.07, 6.45) is 1.23. The van der Waals surface area contributed by atoms with Crippen LogP contribution in [0.15, 0.2) is 77.7 Å². The normalized spacial score (nSPS) is 11.9. The quantitative estimate of drug-likeness (QED) is 0.509. The van der Waals surface area contributed by atoms with E-state index in [1.165, 1.54) is 6.26 Å². The van der Waals surface area contributed by atoms with Gasteiger partial charge in [-0.3, -0.25) is 0 Å². The molecule has 0 saturated heterocycles. The van der Waals surface area contributed by atoms with Gasteiger partial charge in [-0.1, -0.05) is 54.6 Å². The third kappa shape index (κ3) is 2.45. The first kappa shape index (κ1) is 14.8. The number of aromatic nitrogens is 1. The van der Waals surface area contributed by atoms with Crippen molar-refractivity contribution in [2.24, 2.45) is 0 Å². The van der Waals surface area contributed by atoms with Crippen LogP contribution in [0.3, 0.4) is 0 Å². The highest BCUT2D eigenvalue weighted by Crippen LogP contribution is 2.33. The number of rotatable bonds is 2. The van der Waals surface area contributed by atoms with Crippen LogP contribution >= 0.6 is 0 Å². The summed E-state index contributed by atoms with van der Waals surface area (Å²) < 4.78 is 23.9. The molecule has 118 valence electrons. The van der Waals surface area contributed by atoms with Gasteiger partial charge in [0.2, 0.25) is 0 Å². The fourth-order valence-corrected chi connectivity index (χ4v) is 3.63. The summed E-state index contributed by atoms with van der Waals surface area (Å²) in [5.41, 5.74) is 2.67. The summed E-state index contributed by atoms with van der Waals surface area (Å²) in [5, 5.41) is 2.88. The van der Waals surface area contributed by atoms with Gasteiger partial charge in [0.1, 0.15) is 0 Å². The molecule has 1 heterocycles. The van der Waals surface area contributed by atoms with E-state index in [1.54, 1.807) is 12.1 Å². The van der Waals surface area contributed by atoms with Crippen molar-refractivity contribution in [2.75, 3.05) is 6.26 Å². The summed E-state index contributed by atoms with van der Waals surface area (Å²) in [4.78, 5) is 5.11. The third-order valence-corrected chi connectivity index (χ3v) is 5.26. The Kier molecular flexibility index (Phi) is 3.36. The second-order valence-corrected chi connectivity index (χ2v) is 7.84. The standard InChI is InChI=1S/C20H15NO2S/c1-24(22,23)15-11-12-16-17-9-5-6-10-19(17)21-20(18(16)13-15)14-7-3-2-4-8-14/h2-13H,1H3. The maximum atomic E-state index is 12.0. The predicted molar refractivity (Wildman–Crippen MR) is 97.8 cm³/mol. The lowest BCUT2D eigenvalue weighted by Gasteiger charge is -2.11. The number of fused-ring (bicyclic) bond motifs is 3. The van der Waals surface area contributed by atoms with Gasteiger partial charge in [-0.25, -0.2) is 13.4 Å². The summed E-state index contributed by atoms with van der Waals surface area (Å²) in [6, 6.07) is 23.0. The van der Waals surface area contributed by atoms with Crippen LogP contribution in [0.4, 0.5) is 0 Å². The smallest absolute Gasteiger partial charge is 0.175 e. The van der Waals surface area contributed by atoms with Crippen LogP contribution in [0.2, 0.25) is 0 Å². The Balaban J connectivity index is 2.18. The lowest BCUT2D eigenvalue weighted by molar-refractivity contribution is 0.602.